The summed E-state index contributed by atoms with van der Waals surface area (Å²) in [4.78, 5) is 21.8. The molecule has 0 fully saturated rings. The fourth-order valence-corrected chi connectivity index (χ4v) is 1.10. The minimum Gasteiger partial charge on any atom is -0.545 e. The second kappa shape index (κ2) is 4.45. The number of benzene rings is 1. The molecule has 15 heavy (non-hydrogen) atoms. The van der Waals surface area contributed by atoms with Crippen LogP contribution in [0.25, 0.3) is 0 Å². The van der Waals surface area contributed by atoms with E-state index < -0.39 is 11.9 Å². The Balaban J connectivity index is 3.25. The fourth-order valence-electron chi connectivity index (χ4n) is 1.10. The SMILES string of the molecule is COC(=O)c1cc(C(=O)[O-])ccc1OC. The molecule has 0 unspecified atom stereocenters. The lowest BCUT2D eigenvalue weighted by Crippen LogP contribution is -2.22. The molecule has 0 spiro atoms. The Kier molecular flexibility index (Phi) is 3.28. The average molecular weight is 209 g/mol. The van der Waals surface area contributed by atoms with Crippen LogP contribution in [0.1, 0.15) is 20.7 Å². The van der Waals surface area contributed by atoms with E-state index in [1.807, 2.05) is 0 Å². The Labute approximate surface area is 86.2 Å². The molecule has 0 heterocycles. The summed E-state index contributed by atoms with van der Waals surface area (Å²) in [7, 11) is 2.58. The van der Waals surface area contributed by atoms with Crippen LogP contribution in [0, 0.1) is 0 Å². The number of carbonyl (C=O) groups is 2. The number of hydrogen-bond donors (Lipinski definition) is 0. The number of methoxy groups -OCH3 is 2. The summed E-state index contributed by atoms with van der Waals surface area (Å²) in [5.74, 6) is -1.76. The predicted molar refractivity (Wildman–Crippen MR) is 48.7 cm³/mol. The number of aromatic carboxylic acids is 1. The first kappa shape index (κ1) is 11.0. The molecule has 0 aliphatic carbocycles. The Hall–Kier alpha value is -2.04. The van der Waals surface area contributed by atoms with Crippen molar-refractivity contribution in [1.82, 2.24) is 0 Å². The highest BCUT2D eigenvalue weighted by atomic mass is 16.5. The molecule has 1 aromatic carbocycles. The van der Waals surface area contributed by atoms with Crippen LogP contribution in [-0.2, 0) is 4.74 Å². The minimum atomic E-state index is -1.36. The summed E-state index contributed by atoms with van der Waals surface area (Å²) >= 11 is 0. The fraction of sp³-hybridized carbons (Fsp3) is 0.200. The predicted octanol–water partition coefficient (Wildman–Crippen LogP) is -0.155. The highest BCUT2D eigenvalue weighted by molar-refractivity contribution is 5.96. The van der Waals surface area contributed by atoms with Gasteiger partial charge in [0.15, 0.2) is 0 Å². The number of ether oxygens (including phenoxy) is 2. The smallest absolute Gasteiger partial charge is 0.341 e. The van der Waals surface area contributed by atoms with Crippen LogP contribution in [-0.4, -0.2) is 26.2 Å². The highest BCUT2D eigenvalue weighted by Gasteiger charge is 2.13. The van der Waals surface area contributed by atoms with Gasteiger partial charge in [0.05, 0.1) is 20.2 Å². The molecular formula is C10H9O5-. The number of carboxylic acids is 1. The van der Waals surface area contributed by atoms with Gasteiger partial charge >= 0.3 is 5.97 Å². The molecule has 0 bridgehead atoms. The summed E-state index contributed by atoms with van der Waals surface area (Å²) in [6, 6.07) is 3.82. The first-order valence-corrected chi connectivity index (χ1v) is 4.08. The van der Waals surface area contributed by atoms with Gasteiger partial charge in [-0.1, -0.05) is 0 Å². The van der Waals surface area contributed by atoms with Crippen LogP contribution >= 0.6 is 0 Å². The third-order valence-electron chi connectivity index (χ3n) is 1.84. The molecule has 0 saturated carbocycles. The van der Waals surface area contributed by atoms with Crippen molar-refractivity contribution in [3.63, 3.8) is 0 Å². The van der Waals surface area contributed by atoms with Crippen LogP contribution in [0.4, 0.5) is 0 Å². The summed E-state index contributed by atoms with van der Waals surface area (Å²) in [6.45, 7) is 0. The maximum Gasteiger partial charge on any atom is 0.341 e. The molecule has 5 nitrogen and oxygen atoms in total. The highest BCUT2D eigenvalue weighted by Crippen LogP contribution is 2.20. The van der Waals surface area contributed by atoms with E-state index in [1.165, 1.54) is 26.4 Å². The van der Waals surface area contributed by atoms with E-state index in [0.29, 0.717) is 0 Å². The second-order valence-electron chi connectivity index (χ2n) is 2.69. The Morgan fingerprint density at radius 2 is 1.93 bits per heavy atom. The standard InChI is InChI=1S/C10H10O5/c1-14-8-4-3-6(9(11)12)5-7(8)10(13)15-2/h3-5H,1-2H3,(H,11,12)/p-1. The molecule has 5 heteroatoms. The lowest BCUT2D eigenvalue weighted by molar-refractivity contribution is -0.255. The van der Waals surface area contributed by atoms with Crippen molar-refractivity contribution in [3.8, 4) is 5.75 Å². The zero-order valence-electron chi connectivity index (χ0n) is 8.27. The molecule has 0 radical (unpaired) electrons. The third kappa shape index (κ3) is 2.25. The summed E-state index contributed by atoms with van der Waals surface area (Å²) in [5.41, 5.74) is -0.0436. The number of hydrogen-bond acceptors (Lipinski definition) is 5. The quantitative estimate of drug-likeness (QED) is 0.647. The van der Waals surface area contributed by atoms with E-state index in [1.54, 1.807) is 0 Å². The number of carbonyl (C=O) groups excluding carboxylic acids is 2. The maximum absolute atomic E-state index is 11.3. The lowest BCUT2D eigenvalue weighted by atomic mass is 10.1. The van der Waals surface area contributed by atoms with Crippen molar-refractivity contribution < 1.29 is 24.2 Å². The van der Waals surface area contributed by atoms with E-state index in [2.05, 4.69) is 4.74 Å². The van der Waals surface area contributed by atoms with Gasteiger partial charge in [0.2, 0.25) is 0 Å². The van der Waals surface area contributed by atoms with Crippen LogP contribution in [0.15, 0.2) is 18.2 Å². The number of esters is 1. The molecule has 0 aliphatic heterocycles. The van der Waals surface area contributed by atoms with Crippen molar-refractivity contribution in [2.24, 2.45) is 0 Å². The number of carboxylic acid groups (broad SMARTS) is 1. The molecular weight excluding hydrogens is 200 g/mol. The van der Waals surface area contributed by atoms with Crippen LogP contribution in [0.5, 0.6) is 5.75 Å². The van der Waals surface area contributed by atoms with Gasteiger partial charge in [0.1, 0.15) is 11.3 Å². The van der Waals surface area contributed by atoms with Gasteiger partial charge in [-0.05, 0) is 23.8 Å². The molecule has 0 amide bonds. The van der Waals surface area contributed by atoms with Gasteiger partial charge in [-0.15, -0.1) is 0 Å². The van der Waals surface area contributed by atoms with Gasteiger partial charge < -0.3 is 19.4 Å². The molecule has 0 atom stereocenters. The van der Waals surface area contributed by atoms with Crippen LogP contribution in [0.2, 0.25) is 0 Å². The topological polar surface area (TPSA) is 75.7 Å². The van der Waals surface area contributed by atoms with Gasteiger partial charge in [-0.3, -0.25) is 0 Å². The molecule has 0 N–H and O–H groups in total. The Morgan fingerprint density at radius 3 is 2.40 bits per heavy atom. The van der Waals surface area contributed by atoms with Crippen molar-refractivity contribution in [3.05, 3.63) is 29.3 Å². The zero-order chi connectivity index (χ0) is 11.4. The Morgan fingerprint density at radius 1 is 1.27 bits per heavy atom. The van der Waals surface area contributed by atoms with Gasteiger partial charge in [-0.25, -0.2) is 4.79 Å². The van der Waals surface area contributed by atoms with Gasteiger partial charge in [-0.2, -0.15) is 0 Å². The van der Waals surface area contributed by atoms with Gasteiger partial charge in [0, 0.05) is 0 Å². The van der Waals surface area contributed by atoms with Gasteiger partial charge in [0.25, 0.3) is 0 Å². The molecule has 0 aliphatic rings. The number of rotatable bonds is 3. The van der Waals surface area contributed by atoms with E-state index >= 15 is 0 Å². The molecule has 1 rings (SSSR count). The molecule has 0 saturated heterocycles. The van der Waals surface area contributed by atoms with Crippen molar-refractivity contribution in [2.75, 3.05) is 14.2 Å². The van der Waals surface area contributed by atoms with Crippen molar-refractivity contribution >= 4 is 11.9 Å². The van der Waals surface area contributed by atoms with Crippen molar-refractivity contribution in [1.29, 1.82) is 0 Å². The van der Waals surface area contributed by atoms with Crippen LogP contribution < -0.4 is 9.84 Å². The van der Waals surface area contributed by atoms with E-state index in [9.17, 15) is 14.7 Å². The Bertz CT molecular complexity index is 397. The summed E-state index contributed by atoms with van der Waals surface area (Å²) in [6.07, 6.45) is 0. The first-order chi connectivity index (χ1) is 7.10. The molecule has 0 aromatic heterocycles. The van der Waals surface area contributed by atoms with E-state index in [4.69, 9.17) is 4.74 Å². The van der Waals surface area contributed by atoms with Crippen molar-refractivity contribution in [2.45, 2.75) is 0 Å². The molecule has 1 aromatic rings. The average Bonchev–Trinajstić information content (AvgIpc) is 2.27. The molecule has 80 valence electrons. The second-order valence-corrected chi connectivity index (χ2v) is 2.69. The summed E-state index contributed by atoms with van der Waals surface area (Å²) < 4.78 is 9.37. The summed E-state index contributed by atoms with van der Waals surface area (Å²) in [5, 5.41) is 10.6. The lowest BCUT2D eigenvalue weighted by Gasteiger charge is -2.09. The maximum atomic E-state index is 11.3. The first-order valence-electron chi connectivity index (χ1n) is 4.08. The third-order valence-corrected chi connectivity index (χ3v) is 1.84. The monoisotopic (exact) mass is 209 g/mol. The zero-order valence-corrected chi connectivity index (χ0v) is 8.27. The van der Waals surface area contributed by atoms with E-state index in [-0.39, 0.29) is 16.9 Å². The minimum absolute atomic E-state index is 0.0571. The van der Waals surface area contributed by atoms with E-state index in [0.717, 1.165) is 6.07 Å². The van der Waals surface area contributed by atoms with Crippen LogP contribution in [0.3, 0.4) is 0 Å². The normalized spacial score (nSPS) is 9.47. The largest absolute Gasteiger partial charge is 0.545 e.